The fraction of sp³-hybridized carbons (Fsp3) is 0.0769. The van der Waals surface area contributed by atoms with Gasteiger partial charge >= 0.3 is 0 Å². The lowest BCUT2D eigenvalue weighted by atomic mass is 10.0. The summed E-state index contributed by atoms with van der Waals surface area (Å²) in [5.74, 6) is 1.40. The Bertz CT molecular complexity index is 1420. The largest absolute Gasteiger partial charge is 0.497 e. The first-order valence-electron chi connectivity index (χ1n) is 10.3. The van der Waals surface area contributed by atoms with Crippen LogP contribution in [-0.4, -0.2) is 33.8 Å². The number of nitrogens with zero attached hydrogens (tertiary/aromatic N) is 3. The maximum absolute atomic E-state index is 12.4. The van der Waals surface area contributed by atoms with Crippen LogP contribution in [0.3, 0.4) is 0 Å². The van der Waals surface area contributed by atoms with E-state index in [0.717, 1.165) is 33.5 Å². The van der Waals surface area contributed by atoms with Crippen LogP contribution in [0, 0.1) is 0 Å². The average Bonchev–Trinajstić information content (AvgIpc) is 3.36. The van der Waals surface area contributed by atoms with Crippen molar-refractivity contribution in [3.63, 3.8) is 0 Å². The first kappa shape index (κ1) is 20.9. The monoisotopic (exact) mass is 453 g/mol. The molecule has 0 aliphatic heterocycles. The summed E-state index contributed by atoms with van der Waals surface area (Å²) in [5, 5.41) is 9.66. The molecule has 7 heteroatoms. The number of hydrogen-bond acceptors (Lipinski definition) is 7. The summed E-state index contributed by atoms with van der Waals surface area (Å²) in [6.45, 7) is 0. The molecule has 0 aliphatic carbocycles. The number of pyridine rings is 1. The van der Waals surface area contributed by atoms with Gasteiger partial charge in [0.25, 0.3) is 5.22 Å². The van der Waals surface area contributed by atoms with Crippen LogP contribution in [-0.2, 0) is 0 Å². The van der Waals surface area contributed by atoms with Crippen molar-refractivity contribution in [3.05, 3.63) is 90.5 Å². The third-order valence-electron chi connectivity index (χ3n) is 5.16. The number of ketones is 1. The number of carbonyl (C=O) groups excluding carboxylic acids is 1. The highest BCUT2D eigenvalue weighted by Crippen LogP contribution is 2.33. The van der Waals surface area contributed by atoms with Gasteiger partial charge in [-0.05, 0) is 36.4 Å². The van der Waals surface area contributed by atoms with Crippen LogP contribution in [0.25, 0.3) is 33.6 Å². The highest BCUT2D eigenvalue weighted by molar-refractivity contribution is 7.99. The summed E-state index contributed by atoms with van der Waals surface area (Å²) in [6.07, 6.45) is 0. The molecule has 0 radical (unpaired) electrons. The Hall–Kier alpha value is -3.97. The van der Waals surface area contributed by atoms with E-state index in [1.807, 2.05) is 72.8 Å². The van der Waals surface area contributed by atoms with E-state index in [2.05, 4.69) is 10.2 Å². The standard InChI is InChI=1S/C26H19N3O3S/c1-31-19-13-11-17(12-14-19)23-15-21(20-9-5-6-10-22(20)27-23)25-28-29-26(32-25)33-16-24(30)18-7-3-2-4-8-18/h2-15H,16H2,1H3. The molecular weight excluding hydrogens is 434 g/mol. The van der Waals surface area contributed by atoms with Crippen molar-refractivity contribution in [1.82, 2.24) is 15.2 Å². The molecule has 3 aromatic carbocycles. The molecule has 2 heterocycles. The van der Waals surface area contributed by atoms with Crippen molar-refractivity contribution in [1.29, 1.82) is 0 Å². The van der Waals surface area contributed by atoms with E-state index in [0.29, 0.717) is 16.7 Å². The van der Waals surface area contributed by atoms with Gasteiger partial charge < -0.3 is 9.15 Å². The van der Waals surface area contributed by atoms with Crippen LogP contribution in [0.15, 0.2) is 94.6 Å². The number of methoxy groups -OCH3 is 1. The molecule has 0 unspecified atom stereocenters. The summed E-state index contributed by atoms with van der Waals surface area (Å²) in [5.41, 5.74) is 4.02. The maximum atomic E-state index is 12.4. The van der Waals surface area contributed by atoms with E-state index in [1.165, 1.54) is 11.8 Å². The Kier molecular flexibility index (Phi) is 5.87. The van der Waals surface area contributed by atoms with Gasteiger partial charge in [0, 0.05) is 16.5 Å². The van der Waals surface area contributed by atoms with Crippen LogP contribution >= 0.6 is 11.8 Å². The third kappa shape index (κ3) is 4.49. The number of Topliss-reactive ketones (excluding diaryl/α,β-unsaturated/α-hetero) is 1. The molecule has 33 heavy (non-hydrogen) atoms. The summed E-state index contributed by atoms with van der Waals surface area (Å²) in [4.78, 5) is 17.2. The minimum absolute atomic E-state index is 0.0107. The smallest absolute Gasteiger partial charge is 0.277 e. The first-order chi connectivity index (χ1) is 16.2. The Balaban J connectivity index is 1.45. The molecule has 0 aliphatic rings. The second kappa shape index (κ2) is 9.26. The predicted octanol–water partition coefficient (Wildman–Crippen LogP) is 5.94. The second-order valence-electron chi connectivity index (χ2n) is 7.25. The molecule has 2 aromatic heterocycles. The molecule has 5 rings (SSSR count). The van der Waals surface area contributed by atoms with Crippen molar-refractivity contribution >= 4 is 28.4 Å². The van der Waals surface area contributed by atoms with Crippen molar-refractivity contribution < 1.29 is 13.9 Å². The number of benzene rings is 3. The molecule has 6 nitrogen and oxygen atoms in total. The normalized spacial score (nSPS) is 10.9. The zero-order valence-corrected chi connectivity index (χ0v) is 18.6. The average molecular weight is 454 g/mol. The SMILES string of the molecule is COc1ccc(-c2cc(-c3nnc(SCC(=O)c4ccccc4)o3)c3ccccc3n2)cc1. The second-order valence-corrected chi connectivity index (χ2v) is 8.18. The fourth-order valence-corrected chi connectivity index (χ4v) is 4.13. The van der Waals surface area contributed by atoms with Gasteiger partial charge in [-0.25, -0.2) is 4.98 Å². The minimum Gasteiger partial charge on any atom is -0.497 e. The lowest BCUT2D eigenvalue weighted by Crippen LogP contribution is -2.01. The van der Waals surface area contributed by atoms with Crippen molar-refractivity contribution in [2.75, 3.05) is 12.9 Å². The Labute approximate surface area is 194 Å². The highest BCUT2D eigenvalue weighted by atomic mass is 32.2. The topological polar surface area (TPSA) is 78.1 Å². The fourth-order valence-electron chi connectivity index (χ4n) is 3.47. The van der Waals surface area contributed by atoms with Crippen LogP contribution in [0.4, 0.5) is 0 Å². The van der Waals surface area contributed by atoms with Gasteiger partial charge in [-0.15, -0.1) is 10.2 Å². The maximum Gasteiger partial charge on any atom is 0.277 e. The van der Waals surface area contributed by atoms with E-state index < -0.39 is 0 Å². The van der Waals surface area contributed by atoms with Crippen LogP contribution < -0.4 is 4.74 Å². The lowest BCUT2D eigenvalue weighted by molar-refractivity contribution is 0.102. The molecular formula is C26H19N3O3S. The predicted molar refractivity (Wildman–Crippen MR) is 129 cm³/mol. The molecule has 162 valence electrons. The number of rotatable bonds is 7. The van der Waals surface area contributed by atoms with E-state index in [-0.39, 0.29) is 11.5 Å². The number of carbonyl (C=O) groups is 1. The van der Waals surface area contributed by atoms with Gasteiger partial charge in [0.15, 0.2) is 5.78 Å². The van der Waals surface area contributed by atoms with Crippen LogP contribution in [0.2, 0.25) is 0 Å². The van der Waals surface area contributed by atoms with Crippen LogP contribution in [0.1, 0.15) is 10.4 Å². The molecule has 0 saturated heterocycles. The summed E-state index contributed by atoms with van der Waals surface area (Å²) in [6, 6.07) is 26.7. The van der Waals surface area contributed by atoms with E-state index in [1.54, 1.807) is 19.2 Å². The molecule has 0 fully saturated rings. The third-order valence-corrected chi connectivity index (χ3v) is 5.98. The molecule has 0 saturated carbocycles. The number of para-hydroxylation sites is 1. The number of ether oxygens (including phenoxy) is 1. The number of aromatic nitrogens is 3. The number of hydrogen-bond donors (Lipinski definition) is 0. The first-order valence-corrected chi connectivity index (χ1v) is 11.3. The zero-order valence-electron chi connectivity index (χ0n) is 17.8. The van der Waals surface area contributed by atoms with Gasteiger partial charge in [0.05, 0.1) is 29.6 Å². The summed E-state index contributed by atoms with van der Waals surface area (Å²) < 4.78 is 11.2. The van der Waals surface area contributed by atoms with Crippen LogP contribution in [0.5, 0.6) is 5.75 Å². The van der Waals surface area contributed by atoms with E-state index >= 15 is 0 Å². The van der Waals surface area contributed by atoms with Gasteiger partial charge in [0.1, 0.15) is 5.75 Å². The molecule has 0 bridgehead atoms. The Morgan fingerprint density at radius 3 is 2.48 bits per heavy atom. The van der Waals surface area contributed by atoms with Gasteiger partial charge in [0.2, 0.25) is 5.89 Å². The Morgan fingerprint density at radius 2 is 1.70 bits per heavy atom. The quantitative estimate of drug-likeness (QED) is 0.223. The van der Waals surface area contributed by atoms with Crippen molar-refractivity contribution in [2.45, 2.75) is 5.22 Å². The summed E-state index contributed by atoms with van der Waals surface area (Å²) >= 11 is 1.23. The molecule has 5 aromatic rings. The lowest BCUT2D eigenvalue weighted by Gasteiger charge is -2.08. The molecule has 0 atom stereocenters. The molecule has 0 amide bonds. The van der Waals surface area contributed by atoms with Gasteiger partial charge in [-0.3, -0.25) is 4.79 Å². The summed E-state index contributed by atoms with van der Waals surface area (Å²) in [7, 11) is 1.64. The van der Waals surface area contributed by atoms with Crippen molar-refractivity contribution in [2.24, 2.45) is 0 Å². The number of thioether (sulfide) groups is 1. The minimum atomic E-state index is 0.0107. The Morgan fingerprint density at radius 1 is 0.939 bits per heavy atom. The molecule has 0 spiro atoms. The number of fused-ring (bicyclic) bond motifs is 1. The molecule has 0 N–H and O–H groups in total. The zero-order chi connectivity index (χ0) is 22.6. The van der Waals surface area contributed by atoms with Gasteiger partial charge in [-0.1, -0.05) is 60.3 Å². The van der Waals surface area contributed by atoms with Gasteiger partial charge in [-0.2, -0.15) is 0 Å². The van der Waals surface area contributed by atoms with E-state index in [9.17, 15) is 4.79 Å². The highest BCUT2D eigenvalue weighted by Gasteiger charge is 2.16. The van der Waals surface area contributed by atoms with E-state index in [4.69, 9.17) is 14.1 Å². The van der Waals surface area contributed by atoms with Crippen molar-refractivity contribution in [3.8, 4) is 28.5 Å².